The minimum absolute atomic E-state index is 0.221. The molecule has 0 amide bonds. The fourth-order valence-electron chi connectivity index (χ4n) is 3.36. The maximum Gasteiger partial charge on any atom is 0.305 e. The highest BCUT2D eigenvalue weighted by Crippen LogP contribution is 2.23. The third-order valence-corrected chi connectivity index (χ3v) is 5.10. The Hall–Kier alpha value is -4.05. The summed E-state index contributed by atoms with van der Waals surface area (Å²) in [6.45, 7) is 0.919. The van der Waals surface area contributed by atoms with Crippen molar-refractivity contribution in [3.8, 4) is 17.6 Å². The predicted molar refractivity (Wildman–Crippen MR) is 124 cm³/mol. The van der Waals surface area contributed by atoms with E-state index in [2.05, 4.69) is 5.16 Å². The van der Waals surface area contributed by atoms with Crippen LogP contribution in [-0.4, -0.2) is 30.5 Å². The van der Waals surface area contributed by atoms with E-state index in [1.807, 2.05) is 48.6 Å². The molecule has 3 rings (SSSR count). The highest BCUT2D eigenvalue weighted by Gasteiger charge is 2.15. The molecule has 1 N–H and O–H groups in total. The number of rotatable bonds is 11. The highest BCUT2D eigenvalue weighted by molar-refractivity contribution is 6.01. The monoisotopic (exact) mass is 446 g/mol. The predicted octanol–water partition coefficient (Wildman–Crippen LogP) is 5.01. The summed E-state index contributed by atoms with van der Waals surface area (Å²) in [4.78, 5) is 15.8. The van der Waals surface area contributed by atoms with Crippen LogP contribution in [0.3, 0.4) is 0 Å². The SMILES string of the molecule is CO/N=C1/CC=CC=C1CCOc1ccc(COc2ccc(C(C#N)CC(=O)O)cc2)cc1. The second kappa shape index (κ2) is 12.1. The molecular formula is C26H26N2O5. The second-order valence-electron chi connectivity index (χ2n) is 7.42. The molecule has 1 aliphatic rings. The summed E-state index contributed by atoms with van der Waals surface area (Å²) in [7, 11) is 1.55. The van der Waals surface area contributed by atoms with Gasteiger partial charge in [-0.3, -0.25) is 4.79 Å². The Morgan fingerprint density at radius 1 is 1.12 bits per heavy atom. The van der Waals surface area contributed by atoms with Gasteiger partial charge in [0.05, 0.1) is 30.7 Å². The van der Waals surface area contributed by atoms with E-state index in [1.54, 1.807) is 31.4 Å². The quantitative estimate of drug-likeness (QED) is 0.487. The average Bonchev–Trinajstić information content (AvgIpc) is 2.83. The van der Waals surface area contributed by atoms with E-state index in [0.717, 1.165) is 35.4 Å². The van der Waals surface area contributed by atoms with Gasteiger partial charge < -0.3 is 19.4 Å². The first-order chi connectivity index (χ1) is 16.1. The van der Waals surface area contributed by atoms with E-state index in [1.165, 1.54) is 0 Å². The van der Waals surface area contributed by atoms with Crippen LogP contribution in [-0.2, 0) is 16.2 Å². The molecule has 7 nitrogen and oxygen atoms in total. The summed E-state index contributed by atoms with van der Waals surface area (Å²) in [6, 6.07) is 16.7. The van der Waals surface area contributed by atoms with Gasteiger partial charge in [0.15, 0.2) is 0 Å². The number of oxime groups is 1. The van der Waals surface area contributed by atoms with Gasteiger partial charge in [-0.05, 0) is 41.0 Å². The number of carbonyl (C=O) groups is 1. The molecule has 1 unspecified atom stereocenters. The van der Waals surface area contributed by atoms with Crippen LogP contribution in [0.4, 0.5) is 0 Å². The molecule has 2 aromatic rings. The molecule has 0 saturated carbocycles. The minimum Gasteiger partial charge on any atom is -0.493 e. The van der Waals surface area contributed by atoms with Crippen LogP contribution in [0.25, 0.3) is 0 Å². The molecule has 33 heavy (non-hydrogen) atoms. The van der Waals surface area contributed by atoms with Gasteiger partial charge in [0.2, 0.25) is 0 Å². The Labute approximate surface area is 193 Å². The zero-order valence-electron chi connectivity index (χ0n) is 18.4. The Kier molecular flexibility index (Phi) is 8.66. The first-order valence-corrected chi connectivity index (χ1v) is 10.6. The lowest BCUT2D eigenvalue weighted by Crippen LogP contribution is -2.09. The van der Waals surface area contributed by atoms with Crippen molar-refractivity contribution in [2.75, 3.05) is 13.7 Å². The number of benzene rings is 2. The van der Waals surface area contributed by atoms with Crippen molar-refractivity contribution in [3.05, 3.63) is 83.5 Å². The van der Waals surface area contributed by atoms with Crippen molar-refractivity contribution in [3.63, 3.8) is 0 Å². The molecule has 170 valence electrons. The van der Waals surface area contributed by atoms with E-state index in [4.69, 9.17) is 24.7 Å². The first-order valence-electron chi connectivity index (χ1n) is 10.6. The summed E-state index contributed by atoms with van der Waals surface area (Å²) in [5, 5.41) is 22.1. The number of nitriles is 1. The van der Waals surface area contributed by atoms with Crippen molar-refractivity contribution in [2.45, 2.75) is 31.8 Å². The number of nitrogens with zero attached hydrogens (tertiary/aromatic N) is 2. The molecule has 0 spiro atoms. The number of allylic oxidation sites excluding steroid dienone is 3. The summed E-state index contributed by atoms with van der Waals surface area (Å²) in [5.41, 5.74) is 3.69. The minimum atomic E-state index is -0.998. The zero-order valence-corrected chi connectivity index (χ0v) is 18.4. The molecule has 1 atom stereocenters. The molecule has 0 radical (unpaired) electrons. The largest absolute Gasteiger partial charge is 0.493 e. The number of ether oxygens (including phenoxy) is 2. The van der Waals surface area contributed by atoms with Gasteiger partial charge in [0, 0.05) is 12.8 Å². The van der Waals surface area contributed by atoms with Gasteiger partial charge in [-0.15, -0.1) is 0 Å². The maximum atomic E-state index is 10.9. The summed E-state index contributed by atoms with van der Waals surface area (Å²) < 4.78 is 11.7. The normalized spacial score (nSPS) is 14.8. The van der Waals surface area contributed by atoms with Crippen LogP contribution in [0.1, 0.15) is 36.3 Å². The Morgan fingerprint density at radius 2 is 1.82 bits per heavy atom. The lowest BCUT2D eigenvalue weighted by atomic mass is 9.97. The first kappa shape index (κ1) is 23.6. The van der Waals surface area contributed by atoms with Crippen LogP contribution < -0.4 is 9.47 Å². The van der Waals surface area contributed by atoms with E-state index in [0.29, 0.717) is 24.5 Å². The van der Waals surface area contributed by atoms with Gasteiger partial charge in [-0.25, -0.2) is 0 Å². The molecule has 0 aromatic heterocycles. The van der Waals surface area contributed by atoms with Gasteiger partial charge >= 0.3 is 5.97 Å². The van der Waals surface area contributed by atoms with E-state index < -0.39 is 11.9 Å². The molecule has 0 fully saturated rings. The zero-order chi connectivity index (χ0) is 23.5. The van der Waals surface area contributed by atoms with E-state index in [9.17, 15) is 4.79 Å². The molecule has 0 heterocycles. The molecule has 2 aromatic carbocycles. The van der Waals surface area contributed by atoms with Gasteiger partial charge in [-0.2, -0.15) is 5.26 Å². The Morgan fingerprint density at radius 3 is 2.48 bits per heavy atom. The fourth-order valence-corrected chi connectivity index (χ4v) is 3.36. The van der Waals surface area contributed by atoms with Crippen molar-refractivity contribution in [2.24, 2.45) is 5.16 Å². The molecule has 1 aliphatic carbocycles. The van der Waals surface area contributed by atoms with Gasteiger partial charge in [0.25, 0.3) is 0 Å². The van der Waals surface area contributed by atoms with Crippen LogP contribution >= 0.6 is 0 Å². The molecule has 7 heteroatoms. The average molecular weight is 447 g/mol. The van der Waals surface area contributed by atoms with Crippen molar-refractivity contribution in [1.82, 2.24) is 0 Å². The number of hydrogen-bond donors (Lipinski definition) is 1. The van der Waals surface area contributed by atoms with E-state index in [-0.39, 0.29) is 6.42 Å². The smallest absolute Gasteiger partial charge is 0.305 e. The topological polar surface area (TPSA) is 101 Å². The molecule has 0 bridgehead atoms. The summed E-state index contributed by atoms with van der Waals surface area (Å²) in [6.07, 6.45) is 7.38. The van der Waals surface area contributed by atoms with Crippen LogP contribution in [0.2, 0.25) is 0 Å². The standard InChI is InChI=1S/C26H26N2O5/c1-31-28-25-5-3-2-4-21(25)14-15-32-23-10-6-19(7-11-23)18-33-24-12-8-20(9-13-24)22(17-27)16-26(29)30/h2-4,6-13,22H,5,14-16,18H2,1H3,(H,29,30)/b28-25-. The van der Waals surface area contributed by atoms with Crippen molar-refractivity contribution >= 4 is 11.7 Å². The second-order valence-corrected chi connectivity index (χ2v) is 7.42. The number of aliphatic carboxylic acids is 1. The van der Waals surface area contributed by atoms with Crippen LogP contribution in [0, 0.1) is 11.3 Å². The number of carboxylic acid groups (broad SMARTS) is 1. The Balaban J connectivity index is 1.46. The van der Waals surface area contributed by atoms with Gasteiger partial charge in [0.1, 0.15) is 25.2 Å². The summed E-state index contributed by atoms with van der Waals surface area (Å²) in [5.74, 6) is -0.244. The van der Waals surface area contributed by atoms with Crippen molar-refractivity contribution in [1.29, 1.82) is 5.26 Å². The molecular weight excluding hydrogens is 420 g/mol. The molecule has 0 aliphatic heterocycles. The van der Waals surface area contributed by atoms with Crippen LogP contribution in [0.5, 0.6) is 11.5 Å². The lowest BCUT2D eigenvalue weighted by Gasteiger charge is -2.13. The third kappa shape index (κ3) is 7.25. The lowest BCUT2D eigenvalue weighted by molar-refractivity contribution is -0.137. The molecule has 0 saturated heterocycles. The van der Waals surface area contributed by atoms with Crippen molar-refractivity contribution < 1.29 is 24.2 Å². The third-order valence-electron chi connectivity index (χ3n) is 5.10. The number of carboxylic acids is 1. The summed E-state index contributed by atoms with van der Waals surface area (Å²) >= 11 is 0. The van der Waals surface area contributed by atoms with E-state index >= 15 is 0 Å². The Bertz CT molecular complexity index is 1060. The fraction of sp³-hybridized carbons (Fsp3) is 0.269. The van der Waals surface area contributed by atoms with Gasteiger partial charge in [-0.1, -0.05) is 47.6 Å². The number of hydrogen-bond acceptors (Lipinski definition) is 6. The van der Waals surface area contributed by atoms with Crippen LogP contribution in [0.15, 0.2) is 77.5 Å². The maximum absolute atomic E-state index is 10.9. The highest BCUT2D eigenvalue weighted by atomic mass is 16.6.